The summed E-state index contributed by atoms with van der Waals surface area (Å²) in [6.45, 7) is 0.105. The molecule has 0 aromatic heterocycles. The third-order valence-electron chi connectivity index (χ3n) is 7.61. The predicted octanol–water partition coefficient (Wildman–Crippen LogP) is 0.973. The van der Waals surface area contributed by atoms with Gasteiger partial charge in [0.1, 0.15) is 11.6 Å². The van der Waals surface area contributed by atoms with Crippen LogP contribution in [0.15, 0.2) is 30.4 Å². The van der Waals surface area contributed by atoms with Gasteiger partial charge in [0, 0.05) is 20.3 Å². The molecule has 1 aromatic carbocycles. The molecule has 1 spiro atoms. The van der Waals surface area contributed by atoms with Crippen molar-refractivity contribution in [2.75, 3.05) is 20.8 Å². The van der Waals surface area contributed by atoms with E-state index in [1.165, 1.54) is 20.6 Å². The maximum absolute atomic E-state index is 13.9. The van der Waals surface area contributed by atoms with Crippen molar-refractivity contribution in [2.45, 2.75) is 68.2 Å². The number of ether oxygens (including phenoxy) is 3. The average Bonchev–Trinajstić information content (AvgIpc) is 3.48. The van der Waals surface area contributed by atoms with Gasteiger partial charge >= 0.3 is 51.4 Å². The minimum absolute atomic E-state index is 0. The Morgan fingerprint density at radius 3 is 2.61 bits per heavy atom. The van der Waals surface area contributed by atoms with Gasteiger partial charge in [0.05, 0.1) is 28.6 Å². The van der Waals surface area contributed by atoms with E-state index in [1.807, 2.05) is 12.2 Å². The summed E-state index contributed by atoms with van der Waals surface area (Å²) in [5.74, 6) is -1.06. The van der Waals surface area contributed by atoms with Gasteiger partial charge in [-0.05, 0) is 18.9 Å². The molecule has 1 N–H and O–H groups in total. The molecule has 4 aliphatic rings. The van der Waals surface area contributed by atoms with Crippen molar-refractivity contribution in [3.05, 3.63) is 45.7 Å². The van der Waals surface area contributed by atoms with E-state index in [0.717, 1.165) is 25.7 Å². The molecular formula is C25H30Cl2KN3O5. The number of halogens is 2. The monoisotopic (exact) mass is 561 g/mol. The van der Waals surface area contributed by atoms with Crippen LogP contribution in [-0.2, 0) is 23.8 Å². The number of amides is 2. The molecule has 3 aliphatic heterocycles. The maximum Gasteiger partial charge on any atom is 1.00 e. The van der Waals surface area contributed by atoms with Gasteiger partial charge in [0.25, 0.3) is 0 Å². The van der Waals surface area contributed by atoms with Crippen LogP contribution in [-0.4, -0.2) is 73.6 Å². The minimum atomic E-state index is -1.10. The summed E-state index contributed by atoms with van der Waals surface area (Å²) in [6, 6.07) is 3.86. The first-order valence-corrected chi connectivity index (χ1v) is 12.8. The second-order valence-corrected chi connectivity index (χ2v) is 10.4. The molecule has 8 nitrogen and oxygen atoms in total. The summed E-state index contributed by atoms with van der Waals surface area (Å²) in [5, 5.41) is 8.84. The zero-order valence-corrected chi connectivity index (χ0v) is 25.4. The average molecular weight is 563 g/mol. The number of benzene rings is 1. The smallest absolute Gasteiger partial charge is 0.679 e. The van der Waals surface area contributed by atoms with Crippen molar-refractivity contribution in [3.8, 4) is 0 Å². The van der Waals surface area contributed by atoms with E-state index < -0.39 is 36.0 Å². The van der Waals surface area contributed by atoms with E-state index in [4.69, 9.17) is 42.7 Å². The summed E-state index contributed by atoms with van der Waals surface area (Å²) in [5.41, 5.74) is -0.498. The molecule has 5 rings (SSSR count). The molecular weight excluding hydrogens is 532 g/mol. The minimum Gasteiger partial charge on any atom is -0.679 e. The first-order chi connectivity index (χ1) is 16.9. The SMILES string of the molecule is COC(CN1C(=O)C2C([N-]c3ccc(Cl)c(Cl)c3)C3C=CC2(O3)C1C(=O)NC1CCCCC1)OC.[K+]. The van der Waals surface area contributed by atoms with Gasteiger partial charge in [-0.2, -0.15) is 0 Å². The second-order valence-electron chi connectivity index (χ2n) is 9.63. The molecule has 2 amide bonds. The molecule has 2 saturated heterocycles. The van der Waals surface area contributed by atoms with Crippen LogP contribution in [0, 0.1) is 5.92 Å². The number of methoxy groups -OCH3 is 2. The number of rotatable bonds is 8. The number of carbonyl (C=O) groups excluding carboxylic acids is 2. The van der Waals surface area contributed by atoms with E-state index in [-0.39, 0.29) is 75.8 Å². The Hall–Kier alpha value is -0.204. The van der Waals surface area contributed by atoms with Crippen LogP contribution < -0.4 is 56.7 Å². The van der Waals surface area contributed by atoms with E-state index in [9.17, 15) is 9.59 Å². The third kappa shape index (κ3) is 5.18. The first-order valence-electron chi connectivity index (χ1n) is 12.1. The zero-order valence-electron chi connectivity index (χ0n) is 20.8. The first kappa shape index (κ1) is 28.8. The van der Waals surface area contributed by atoms with E-state index >= 15 is 0 Å². The van der Waals surface area contributed by atoms with E-state index in [1.54, 1.807) is 23.1 Å². The molecule has 3 heterocycles. The molecule has 5 atom stereocenters. The van der Waals surface area contributed by atoms with Crippen LogP contribution >= 0.6 is 23.2 Å². The standard InChI is InChI=1S/C25H30Cl2N3O5.K/c1-33-19(34-2)13-30-22(23(31)29-14-6-4-3-5-7-14)25-11-10-18(35-25)21(20(25)24(30)32)28-15-8-9-16(26)17(27)12-15;/h8-12,14,18-22H,3-7,13H2,1-2H3,(H,29,31);/q-1;+1. The van der Waals surface area contributed by atoms with Crippen LogP contribution in [0.3, 0.4) is 0 Å². The van der Waals surface area contributed by atoms with Crippen LogP contribution in [0.1, 0.15) is 32.1 Å². The van der Waals surface area contributed by atoms with Crippen molar-refractivity contribution in [1.29, 1.82) is 0 Å². The molecule has 2 bridgehead atoms. The Balaban J connectivity index is 0.00000304. The quantitative estimate of drug-likeness (QED) is 0.290. The molecule has 36 heavy (non-hydrogen) atoms. The fourth-order valence-corrected chi connectivity index (χ4v) is 6.24. The zero-order chi connectivity index (χ0) is 24.7. The fourth-order valence-electron chi connectivity index (χ4n) is 5.95. The van der Waals surface area contributed by atoms with Crippen molar-refractivity contribution >= 4 is 40.7 Å². The van der Waals surface area contributed by atoms with Gasteiger partial charge in [-0.3, -0.25) is 9.59 Å². The number of nitrogens with zero attached hydrogens (tertiary/aromatic N) is 2. The Kier molecular flexibility index (Phi) is 9.52. The third-order valence-corrected chi connectivity index (χ3v) is 8.35. The van der Waals surface area contributed by atoms with Gasteiger partial charge in [-0.25, -0.2) is 0 Å². The predicted molar refractivity (Wildman–Crippen MR) is 132 cm³/mol. The largest absolute Gasteiger partial charge is 1.00 e. The number of hydrogen-bond donors (Lipinski definition) is 1. The number of likely N-dealkylation sites (tertiary alicyclic amines) is 1. The Labute approximate surface area is 264 Å². The fraction of sp³-hybridized carbons (Fsp3) is 0.600. The number of hydrogen-bond acceptors (Lipinski definition) is 5. The summed E-state index contributed by atoms with van der Waals surface area (Å²) in [6.07, 6.45) is 7.94. The molecule has 1 saturated carbocycles. The Morgan fingerprint density at radius 2 is 1.94 bits per heavy atom. The number of nitrogens with one attached hydrogen (secondary N) is 1. The Morgan fingerprint density at radius 1 is 1.22 bits per heavy atom. The van der Waals surface area contributed by atoms with E-state index in [0.29, 0.717) is 15.7 Å². The van der Waals surface area contributed by atoms with Gasteiger partial charge in [0.2, 0.25) is 11.8 Å². The van der Waals surface area contributed by atoms with Crippen molar-refractivity contribution in [3.63, 3.8) is 0 Å². The number of carbonyl (C=O) groups is 2. The van der Waals surface area contributed by atoms with Gasteiger partial charge in [-0.1, -0.05) is 72.8 Å². The molecule has 11 heteroatoms. The van der Waals surface area contributed by atoms with Crippen molar-refractivity contribution in [1.82, 2.24) is 10.2 Å². The van der Waals surface area contributed by atoms with Crippen LogP contribution in [0.5, 0.6) is 0 Å². The van der Waals surface area contributed by atoms with Gasteiger partial charge in [-0.15, -0.1) is 5.69 Å². The Bertz CT molecular complexity index is 1020. The summed E-state index contributed by atoms with van der Waals surface area (Å²) in [7, 11) is 3.02. The van der Waals surface area contributed by atoms with Crippen LogP contribution in [0.2, 0.25) is 10.0 Å². The van der Waals surface area contributed by atoms with E-state index in [2.05, 4.69) is 5.32 Å². The van der Waals surface area contributed by atoms with Crippen LogP contribution in [0.25, 0.3) is 5.32 Å². The molecule has 0 radical (unpaired) electrons. The molecule has 1 aliphatic carbocycles. The number of fused-ring (bicyclic) bond motifs is 1. The second kappa shape index (κ2) is 11.9. The summed E-state index contributed by atoms with van der Waals surface area (Å²) >= 11 is 12.3. The summed E-state index contributed by atoms with van der Waals surface area (Å²) in [4.78, 5) is 29.2. The normalized spacial score (nSPS) is 31.0. The van der Waals surface area contributed by atoms with Gasteiger partial charge in [0.15, 0.2) is 6.29 Å². The topological polar surface area (TPSA) is 91.2 Å². The molecule has 3 fully saturated rings. The van der Waals surface area contributed by atoms with Crippen molar-refractivity contribution < 1.29 is 75.2 Å². The van der Waals surface area contributed by atoms with Crippen molar-refractivity contribution in [2.24, 2.45) is 5.92 Å². The maximum atomic E-state index is 13.9. The molecule has 5 unspecified atom stereocenters. The molecule has 190 valence electrons. The summed E-state index contributed by atoms with van der Waals surface area (Å²) < 4.78 is 17.2. The van der Waals surface area contributed by atoms with Crippen LogP contribution in [0.4, 0.5) is 5.69 Å². The van der Waals surface area contributed by atoms with Gasteiger partial charge < -0.3 is 29.7 Å². The molecule has 1 aromatic rings.